The van der Waals surface area contributed by atoms with E-state index in [2.05, 4.69) is 0 Å². The van der Waals surface area contributed by atoms with Gasteiger partial charge in [-0.1, -0.05) is 0 Å². The fourth-order valence-electron chi connectivity index (χ4n) is 1.55. The summed E-state index contributed by atoms with van der Waals surface area (Å²) in [5.74, 6) is -2.35. The number of sulfone groups is 1. The van der Waals surface area contributed by atoms with Crippen LogP contribution in [-0.2, 0) is 9.84 Å². The molecule has 2 N–H and O–H groups in total. The Morgan fingerprint density at radius 1 is 1.05 bits per heavy atom. The summed E-state index contributed by atoms with van der Waals surface area (Å²) in [5.41, 5.74) is 5.23. The molecule has 2 rings (SSSR count). The molecule has 0 heterocycles. The number of ether oxygens (including phenoxy) is 1. The largest absolute Gasteiger partial charge is 0.451 e. The van der Waals surface area contributed by atoms with E-state index in [-0.39, 0.29) is 16.3 Å². The molecule has 0 amide bonds. The molecule has 0 unspecified atom stereocenters. The van der Waals surface area contributed by atoms with Gasteiger partial charge in [0.25, 0.3) is 0 Å². The molecule has 0 aliphatic rings. The second-order valence-corrected chi connectivity index (χ2v) is 6.18. The molecular weight excluding hydrogens is 288 g/mol. The molecule has 0 saturated heterocycles. The first kappa shape index (κ1) is 14.3. The van der Waals surface area contributed by atoms with Gasteiger partial charge >= 0.3 is 0 Å². The zero-order valence-electron chi connectivity index (χ0n) is 10.4. The SMILES string of the molecule is CS(=O)(=O)c1ccc(Oc2c(F)cc(N)cc2F)cc1. The number of rotatable bonds is 3. The lowest BCUT2D eigenvalue weighted by molar-refractivity contribution is 0.407. The number of nitrogen functional groups attached to an aromatic ring is 1. The zero-order chi connectivity index (χ0) is 14.9. The Labute approximate surface area is 114 Å². The molecular formula is C13H11F2NO3S. The van der Waals surface area contributed by atoms with E-state index >= 15 is 0 Å². The maximum atomic E-state index is 13.5. The number of nitrogens with two attached hydrogens (primary N) is 1. The van der Waals surface area contributed by atoms with Crippen LogP contribution in [-0.4, -0.2) is 14.7 Å². The second-order valence-electron chi connectivity index (χ2n) is 4.16. The summed E-state index contributed by atoms with van der Waals surface area (Å²) in [7, 11) is -3.33. The molecule has 4 nitrogen and oxygen atoms in total. The van der Waals surface area contributed by atoms with Gasteiger partial charge in [0.05, 0.1) is 4.90 Å². The maximum absolute atomic E-state index is 13.5. The first-order valence-corrected chi connectivity index (χ1v) is 7.39. The van der Waals surface area contributed by atoms with Gasteiger partial charge in [0.2, 0.25) is 0 Å². The van der Waals surface area contributed by atoms with Gasteiger partial charge in [-0.3, -0.25) is 0 Å². The average molecular weight is 299 g/mol. The number of hydrogen-bond donors (Lipinski definition) is 1. The van der Waals surface area contributed by atoms with Crippen molar-refractivity contribution in [3.63, 3.8) is 0 Å². The van der Waals surface area contributed by atoms with Gasteiger partial charge < -0.3 is 10.5 Å². The van der Waals surface area contributed by atoms with Crippen LogP contribution in [0.3, 0.4) is 0 Å². The molecule has 0 aliphatic carbocycles. The Hall–Kier alpha value is -2.15. The van der Waals surface area contributed by atoms with E-state index in [1.54, 1.807) is 0 Å². The van der Waals surface area contributed by atoms with E-state index in [0.29, 0.717) is 0 Å². The normalized spacial score (nSPS) is 11.3. The summed E-state index contributed by atoms with van der Waals surface area (Å²) >= 11 is 0. The van der Waals surface area contributed by atoms with Crippen molar-refractivity contribution in [2.75, 3.05) is 12.0 Å². The van der Waals surface area contributed by atoms with Gasteiger partial charge in [-0.15, -0.1) is 0 Å². The van der Waals surface area contributed by atoms with Crippen LogP contribution in [0.4, 0.5) is 14.5 Å². The predicted octanol–water partition coefficient (Wildman–Crippen LogP) is 2.74. The molecule has 0 fully saturated rings. The van der Waals surface area contributed by atoms with Gasteiger partial charge in [0.15, 0.2) is 27.2 Å². The molecule has 0 spiro atoms. The van der Waals surface area contributed by atoms with Gasteiger partial charge in [-0.25, -0.2) is 17.2 Å². The molecule has 0 aromatic heterocycles. The molecule has 2 aromatic rings. The van der Waals surface area contributed by atoms with Gasteiger partial charge in [-0.05, 0) is 24.3 Å². The number of anilines is 1. The molecule has 2 aromatic carbocycles. The summed E-state index contributed by atoms with van der Waals surface area (Å²) in [6, 6.07) is 7.07. The van der Waals surface area contributed by atoms with Crippen LogP contribution >= 0.6 is 0 Å². The van der Waals surface area contributed by atoms with Crippen molar-refractivity contribution < 1.29 is 21.9 Å². The Bertz CT molecular complexity index is 720. The van der Waals surface area contributed by atoms with E-state index < -0.39 is 27.2 Å². The van der Waals surface area contributed by atoms with Crippen LogP contribution in [0.1, 0.15) is 0 Å². The van der Waals surface area contributed by atoms with Crippen molar-refractivity contribution in [2.45, 2.75) is 4.90 Å². The highest BCUT2D eigenvalue weighted by molar-refractivity contribution is 7.90. The van der Waals surface area contributed by atoms with Crippen molar-refractivity contribution in [3.8, 4) is 11.5 Å². The minimum absolute atomic E-state index is 0.0558. The van der Waals surface area contributed by atoms with Crippen molar-refractivity contribution in [2.24, 2.45) is 0 Å². The third-order valence-electron chi connectivity index (χ3n) is 2.49. The fraction of sp³-hybridized carbons (Fsp3) is 0.0769. The highest BCUT2D eigenvalue weighted by Gasteiger charge is 2.13. The van der Waals surface area contributed by atoms with Crippen molar-refractivity contribution >= 4 is 15.5 Å². The molecule has 0 aliphatic heterocycles. The summed E-state index contributed by atoms with van der Waals surface area (Å²) < 4.78 is 54.7. The average Bonchev–Trinajstić information content (AvgIpc) is 2.33. The number of hydrogen-bond acceptors (Lipinski definition) is 4. The van der Waals surface area contributed by atoms with Crippen LogP contribution < -0.4 is 10.5 Å². The topological polar surface area (TPSA) is 69.4 Å². The highest BCUT2D eigenvalue weighted by atomic mass is 32.2. The molecule has 0 atom stereocenters. The van der Waals surface area contributed by atoms with Crippen LogP contribution in [0, 0.1) is 11.6 Å². The standard InChI is InChI=1S/C13H11F2NO3S/c1-20(17,18)10-4-2-9(3-5-10)19-13-11(14)6-8(16)7-12(13)15/h2-7H,16H2,1H3. The first-order valence-electron chi connectivity index (χ1n) is 5.50. The monoisotopic (exact) mass is 299 g/mol. The van der Waals surface area contributed by atoms with Crippen LogP contribution in [0.2, 0.25) is 0 Å². The summed E-state index contributed by atoms with van der Waals surface area (Å²) in [4.78, 5) is 0.0862. The quantitative estimate of drug-likeness (QED) is 0.885. The predicted molar refractivity (Wildman–Crippen MR) is 70.4 cm³/mol. The van der Waals surface area contributed by atoms with Gasteiger partial charge in [-0.2, -0.15) is 0 Å². The Morgan fingerprint density at radius 2 is 1.55 bits per heavy atom. The van der Waals surface area contributed by atoms with Gasteiger partial charge in [0, 0.05) is 24.1 Å². The summed E-state index contributed by atoms with van der Waals surface area (Å²) in [5, 5.41) is 0. The molecule has 0 bridgehead atoms. The van der Waals surface area contributed by atoms with E-state index in [0.717, 1.165) is 18.4 Å². The van der Waals surface area contributed by atoms with E-state index in [1.165, 1.54) is 24.3 Å². The van der Waals surface area contributed by atoms with Crippen molar-refractivity contribution in [1.82, 2.24) is 0 Å². The maximum Gasteiger partial charge on any atom is 0.198 e. The lowest BCUT2D eigenvalue weighted by atomic mass is 10.2. The van der Waals surface area contributed by atoms with E-state index in [1.807, 2.05) is 0 Å². The smallest absolute Gasteiger partial charge is 0.198 e. The van der Waals surface area contributed by atoms with Crippen LogP contribution in [0.25, 0.3) is 0 Å². The minimum Gasteiger partial charge on any atom is -0.451 e. The van der Waals surface area contributed by atoms with Crippen molar-refractivity contribution in [3.05, 3.63) is 48.0 Å². The van der Waals surface area contributed by atoms with E-state index in [9.17, 15) is 17.2 Å². The Morgan fingerprint density at radius 3 is 2.00 bits per heavy atom. The third kappa shape index (κ3) is 3.05. The second kappa shape index (κ2) is 5.09. The van der Waals surface area contributed by atoms with Gasteiger partial charge in [0.1, 0.15) is 5.75 Å². The van der Waals surface area contributed by atoms with Crippen molar-refractivity contribution in [1.29, 1.82) is 0 Å². The highest BCUT2D eigenvalue weighted by Crippen LogP contribution is 2.29. The van der Waals surface area contributed by atoms with Crippen LogP contribution in [0.5, 0.6) is 11.5 Å². The lowest BCUT2D eigenvalue weighted by Gasteiger charge is -2.09. The molecule has 0 saturated carbocycles. The third-order valence-corrected chi connectivity index (χ3v) is 3.62. The summed E-state index contributed by atoms with van der Waals surface area (Å²) in [6.45, 7) is 0. The first-order chi connectivity index (χ1) is 9.27. The number of benzene rings is 2. The van der Waals surface area contributed by atoms with Crippen LogP contribution in [0.15, 0.2) is 41.3 Å². The minimum atomic E-state index is -3.33. The number of halogens is 2. The molecule has 20 heavy (non-hydrogen) atoms. The summed E-state index contributed by atoms with van der Waals surface area (Å²) in [6.07, 6.45) is 1.06. The fourth-order valence-corrected chi connectivity index (χ4v) is 2.18. The molecule has 0 radical (unpaired) electrons. The Kier molecular flexibility index (Phi) is 3.63. The Balaban J connectivity index is 2.32. The molecule has 106 valence electrons. The lowest BCUT2D eigenvalue weighted by Crippen LogP contribution is -1.98. The van der Waals surface area contributed by atoms with E-state index in [4.69, 9.17) is 10.5 Å². The molecule has 7 heteroatoms. The zero-order valence-corrected chi connectivity index (χ0v) is 11.2.